The van der Waals surface area contributed by atoms with Crippen molar-refractivity contribution in [1.82, 2.24) is 4.98 Å². The van der Waals surface area contributed by atoms with Crippen LogP contribution < -0.4 is 5.43 Å². The molecule has 0 fully saturated rings. The summed E-state index contributed by atoms with van der Waals surface area (Å²) < 4.78 is 6.04. The van der Waals surface area contributed by atoms with E-state index in [1.807, 2.05) is 55.5 Å². The van der Waals surface area contributed by atoms with Crippen LogP contribution in [0.25, 0.3) is 33.3 Å². The van der Waals surface area contributed by atoms with E-state index in [-0.39, 0.29) is 5.43 Å². The summed E-state index contributed by atoms with van der Waals surface area (Å²) in [4.78, 5) is 18.2. The molecule has 2 aromatic carbocycles. The molecule has 0 saturated heterocycles. The molecule has 22 heavy (non-hydrogen) atoms. The van der Waals surface area contributed by atoms with Crippen molar-refractivity contribution in [2.75, 3.05) is 5.75 Å². The van der Waals surface area contributed by atoms with E-state index in [1.54, 1.807) is 0 Å². The maximum Gasteiger partial charge on any atom is 0.203 e. The van der Waals surface area contributed by atoms with Crippen LogP contribution in [-0.4, -0.2) is 10.7 Å². The Morgan fingerprint density at radius 1 is 1.05 bits per heavy atom. The summed E-state index contributed by atoms with van der Waals surface area (Å²) in [6, 6.07) is 15.2. The highest BCUT2D eigenvalue weighted by atomic mass is 32.2. The van der Waals surface area contributed by atoms with E-state index < -0.39 is 0 Å². The lowest BCUT2D eigenvalue weighted by Crippen LogP contribution is -2.09. The third kappa shape index (κ3) is 1.91. The Bertz CT molecular complexity index is 1020. The van der Waals surface area contributed by atoms with Crippen LogP contribution in [0.2, 0.25) is 0 Å². The van der Waals surface area contributed by atoms with Gasteiger partial charge in [0.05, 0.1) is 0 Å². The van der Waals surface area contributed by atoms with E-state index in [2.05, 4.69) is 0 Å². The minimum atomic E-state index is 0.0239. The summed E-state index contributed by atoms with van der Waals surface area (Å²) in [6.07, 6.45) is 0. The van der Waals surface area contributed by atoms with E-state index in [9.17, 15) is 4.79 Å². The maximum atomic E-state index is 12.8. The number of para-hydroxylation sites is 2. The highest BCUT2D eigenvalue weighted by Crippen LogP contribution is 2.36. The Hall–Kier alpha value is -2.33. The van der Waals surface area contributed by atoms with Gasteiger partial charge in [0, 0.05) is 10.8 Å². The summed E-state index contributed by atoms with van der Waals surface area (Å²) in [6.45, 7) is 2.03. The van der Waals surface area contributed by atoms with Crippen molar-refractivity contribution < 1.29 is 4.42 Å². The molecule has 0 spiro atoms. The first-order chi connectivity index (χ1) is 10.8. The van der Waals surface area contributed by atoms with Gasteiger partial charge in [-0.05, 0) is 17.9 Å². The molecule has 0 aromatic heterocycles. The van der Waals surface area contributed by atoms with Gasteiger partial charge in [0.25, 0.3) is 0 Å². The first-order valence-electron chi connectivity index (χ1n) is 7.16. The number of hydrogen-bond acceptors (Lipinski definition) is 4. The molecule has 1 aliphatic carbocycles. The molecule has 0 atom stereocenters. The van der Waals surface area contributed by atoms with Crippen LogP contribution in [0.3, 0.4) is 0 Å². The van der Waals surface area contributed by atoms with E-state index in [4.69, 9.17) is 9.40 Å². The molecular formula is C18H13NO2S. The molecule has 1 aliphatic heterocycles. The van der Waals surface area contributed by atoms with Gasteiger partial charge in [-0.2, -0.15) is 0 Å². The van der Waals surface area contributed by atoms with Crippen molar-refractivity contribution in [3.05, 3.63) is 58.8 Å². The molecule has 0 radical (unpaired) electrons. The molecule has 0 unspecified atom stereocenters. The summed E-state index contributed by atoms with van der Waals surface area (Å²) in [5, 5.41) is 1.54. The van der Waals surface area contributed by atoms with Crippen molar-refractivity contribution in [2.24, 2.45) is 0 Å². The second-order valence-corrected chi connectivity index (χ2v) is 6.27. The van der Waals surface area contributed by atoms with Gasteiger partial charge in [-0.25, -0.2) is 4.98 Å². The van der Waals surface area contributed by atoms with Crippen LogP contribution >= 0.6 is 11.8 Å². The van der Waals surface area contributed by atoms with Crippen molar-refractivity contribution in [2.45, 2.75) is 11.8 Å². The minimum absolute atomic E-state index is 0.0239. The van der Waals surface area contributed by atoms with Crippen molar-refractivity contribution in [3.63, 3.8) is 0 Å². The normalized spacial score (nSPS) is 11.5. The second kappa shape index (κ2) is 5.14. The van der Waals surface area contributed by atoms with Crippen LogP contribution in [0.15, 0.2) is 62.6 Å². The largest absolute Gasteiger partial charge is 0.451 e. The van der Waals surface area contributed by atoms with Gasteiger partial charge in [-0.3, -0.25) is 4.79 Å². The number of hydrogen-bond donors (Lipinski definition) is 0. The first-order valence-corrected chi connectivity index (χ1v) is 8.15. The standard InChI is InChI=1S/C18H13NO2S/c1-2-22-18-16(20)12-8-4-3-7-11(12)15-17(18)21-14-10-6-5-9-13(14)19-15/h3-10H,2H2,1H3. The van der Waals surface area contributed by atoms with Crippen LogP contribution in [0.4, 0.5) is 0 Å². The van der Waals surface area contributed by atoms with Gasteiger partial charge in [0.15, 0.2) is 11.3 Å². The Kier molecular flexibility index (Phi) is 3.12. The monoisotopic (exact) mass is 307 g/mol. The molecular weight excluding hydrogens is 294 g/mol. The minimum Gasteiger partial charge on any atom is -0.451 e. The van der Waals surface area contributed by atoms with Gasteiger partial charge in [-0.15, -0.1) is 11.8 Å². The van der Waals surface area contributed by atoms with Crippen molar-refractivity contribution in [1.29, 1.82) is 0 Å². The molecule has 0 bridgehead atoms. The average molecular weight is 307 g/mol. The highest BCUT2D eigenvalue weighted by molar-refractivity contribution is 7.99. The van der Waals surface area contributed by atoms with Crippen molar-refractivity contribution in [3.8, 4) is 11.5 Å². The van der Waals surface area contributed by atoms with Gasteiger partial charge >= 0.3 is 0 Å². The van der Waals surface area contributed by atoms with E-state index in [1.165, 1.54) is 11.8 Å². The quantitative estimate of drug-likeness (QED) is 0.309. The van der Waals surface area contributed by atoms with Crippen LogP contribution in [-0.2, 0) is 0 Å². The summed E-state index contributed by atoms with van der Waals surface area (Å²) in [7, 11) is 0. The number of thioether (sulfide) groups is 1. The maximum absolute atomic E-state index is 12.8. The lowest BCUT2D eigenvalue weighted by Gasteiger charge is -2.13. The Morgan fingerprint density at radius 3 is 2.59 bits per heavy atom. The van der Waals surface area contributed by atoms with Crippen molar-refractivity contribution >= 4 is 33.6 Å². The van der Waals surface area contributed by atoms with E-state index >= 15 is 0 Å². The fourth-order valence-corrected chi connectivity index (χ4v) is 3.49. The smallest absolute Gasteiger partial charge is 0.203 e. The fourth-order valence-electron chi connectivity index (χ4n) is 2.69. The Balaban J connectivity index is 2.26. The lowest BCUT2D eigenvalue weighted by atomic mass is 10.0. The van der Waals surface area contributed by atoms with Gasteiger partial charge in [-0.1, -0.05) is 43.3 Å². The molecule has 3 nitrogen and oxygen atoms in total. The molecule has 2 aromatic rings. The third-order valence-electron chi connectivity index (χ3n) is 3.65. The number of aromatic nitrogens is 1. The number of nitrogens with zero attached hydrogens (tertiary/aromatic N) is 1. The van der Waals surface area contributed by atoms with Crippen LogP contribution in [0.1, 0.15) is 6.92 Å². The number of benzene rings is 3. The molecule has 2 aliphatic rings. The van der Waals surface area contributed by atoms with E-state index in [0.29, 0.717) is 21.6 Å². The van der Waals surface area contributed by atoms with Gasteiger partial charge in [0.2, 0.25) is 5.43 Å². The van der Waals surface area contributed by atoms with Gasteiger partial charge in [0.1, 0.15) is 16.1 Å². The Morgan fingerprint density at radius 2 is 1.77 bits per heavy atom. The molecule has 108 valence electrons. The fraction of sp³-hybridized carbons (Fsp3) is 0.111. The SMILES string of the molecule is CCSc1c2oc3ccccc3nc-2c2ccccc2c1=O. The Labute approximate surface area is 131 Å². The summed E-state index contributed by atoms with van der Waals surface area (Å²) in [5.74, 6) is 1.40. The number of rotatable bonds is 2. The first kappa shape index (κ1) is 13.3. The summed E-state index contributed by atoms with van der Waals surface area (Å²) in [5.41, 5.74) is 2.27. The lowest BCUT2D eigenvalue weighted by molar-refractivity contribution is 0.601. The summed E-state index contributed by atoms with van der Waals surface area (Å²) >= 11 is 1.51. The highest BCUT2D eigenvalue weighted by Gasteiger charge is 2.21. The van der Waals surface area contributed by atoms with Crippen LogP contribution in [0, 0.1) is 0 Å². The number of fused-ring (bicyclic) bond motifs is 4. The topological polar surface area (TPSA) is 43.1 Å². The molecule has 0 saturated carbocycles. The third-order valence-corrected chi connectivity index (χ3v) is 4.60. The van der Waals surface area contributed by atoms with E-state index in [0.717, 1.165) is 22.3 Å². The molecule has 1 heterocycles. The zero-order valence-corrected chi connectivity index (χ0v) is 12.8. The predicted octanol–water partition coefficient (Wildman–Crippen LogP) is 4.56. The second-order valence-electron chi connectivity index (χ2n) is 5.00. The average Bonchev–Trinajstić information content (AvgIpc) is 2.57. The molecule has 4 heteroatoms. The zero-order chi connectivity index (χ0) is 15.1. The predicted molar refractivity (Wildman–Crippen MR) is 90.8 cm³/mol. The van der Waals surface area contributed by atoms with Crippen LogP contribution in [0.5, 0.6) is 0 Å². The molecule has 4 rings (SSSR count). The molecule has 0 N–H and O–H groups in total. The van der Waals surface area contributed by atoms with Gasteiger partial charge < -0.3 is 4.42 Å². The zero-order valence-electron chi connectivity index (χ0n) is 12.0. The molecule has 0 amide bonds.